The van der Waals surface area contributed by atoms with E-state index in [0.29, 0.717) is 17.8 Å². The maximum atomic E-state index is 12.4. The van der Waals surface area contributed by atoms with Crippen LogP contribution in [0.25, 0.3) is 16.9 Å². The molecule has 4 rings (SSSR count). The Balaban J connectivity index is 1.37. The van der Waals surface area contributed by atoms with E-state index >= 15 is 0 Å². The molecule has 32 heavy (non-hydrogen) atoms. The van der Waals surface area contributed by atoms with Crippen LogP contribution in [0.5, 0.6) is 0 Å². The molecule has 0 spiro atoms. The third-order valence-corrected chi connectivity index (χ3v) is 6.38. The van der Waals surface area contributed by atoms with E-state index in [1.165, 1.54) is 6.26 Å². The van der Waals surface area contributed by atoms with Gasteiger partial charge in [0.1, 0.15) is 0 Å². The summed E-state index contributed by atoms with van der Waals surface area (Å²) in [6, 6.07) is 10.0. The van der Waals surface area contributed by atoms with Gasteiger partial charge in [-0.2, -0.15) is 5.10 Å². The third kappa shape index (κ3) is 5.39. The van der Waals surface area contributed by atoms with Gasteiger partial charge < -0.3 is 10.1 Å². The first-order chi connectivity index (χ1) is 15.4. The molecule has 0 aliphatic carbocycles. The number of nitrogens with one attached hydrogen (secondary N) is 1. The van der Waals surface area contributed by atoms with Crippen LogP contribution >= 0.6 is 0 Å². The topological polar surface area (TPSA) is 106 Å². The van der Waals surface area contributed by atoms with Gasteiger partial charge in [0.2, 0.25) is 0 Å². The minimum Gasteiger partial charge on any atom is -0.379 e. The van der Waals surface area contributed by atoms with E-state index < -0.39 is 9.84 Å². The number of sulfone groups is 1. The number of aromatic nitrogens is 3. The lowest BCUT2D eigenvalue weighted by Crippen LogP contribution is -2.41. The zero-order chi connectivity index (χ0) is 22.6. The fraction of sp³-hybridized carbons (Fsp3) is 0.318. The van der Waals surface area contributed by atoms with Crippen molar-refractivity contribution in [3.8, 4) is 16.9 Å². The lowest BCUT2D eigenvalue weighted by molar-refractivity contribution is 0.0383. The van der Waals surface area contributed by atoms with Crippen LogP contribution in [0.4, 0.5) is 0 Å². The number of nitrogens with zero attached hydrogens (tertiary/aromatic N) is 4. The molecule has 1 amide bonds. The van der Waals surface area contributed by atoms with Crippen LogP contribution in [0.2, 0.25) is 0 Å². The van der Waals surface area contributed by atoms with Crippen molar-refractivity contribution in [1.82, 2.24) is 25.0 Å². The molecule has 1 aliphatic rings. The molecule has 9 nitrogen and oxygen atoms in total. The van der Waals surface area contributed by atoms with Crippen molar-refractivity contribution < 1.29 is 17.9 Å². The number of hydrogen-bond donors (Lipinski definition) is 1. The maximum absolute atomic E-state index is 12.4. The second-order valence-corrected chi connectivity index (χ2v) is 9.60. The summed E-state index contributed by atoms with van der Waals surface area (Å²) in [5.41, 5.74) is 2.71. The highest BCUT2D eigenvalue weighted by Gasteiger charge is 2.12. The molecule has 0 radical (unpaired) electrons. The Morgan fingerprint density at radius 1 is 1.09 bits per heavy atom. The number of pyridine rings is 1. The van der Waals surface area contributed by atoms with Gasteiger partial charge in [0.15, 0.2) is 9.84 Å². The summed E-state index contributed by atoms with van der Waals surface area (Å²) in [5.74, 6) is -0.154. The smallest absolute Gasteiger partial charge is 0.252 e. The summed E-state index contributed by atoms with van der Waals surface area (Å²) >= 11 is 0. The molecule has 3 aromatic rings. The van der Waals surface area contributed by atoms with Crippen LogP contribution in [0, 0.1) is 0 Å². The number of carbonyl (C=O) groups excluding carboxylic acids is 1. The molecule has 2 aromatic heterocycles. The average Bonchev–Trinajstić information content (AvgIpc) is 3.30. The van der Waals surface area contributed by atoms with Crippen LogP contribution in [0.3, 0.4) is 0 Å². The second-order valence-electron chi connectivity index (χ2n) is 7.58. The van der Waals surface area contributed by atoms with E-state index in [1.54, 1.807) is 59.7 Å². The molecule has 1 fully saturated rings. The van der Waals surface area contributed by atoms with Crippen molar-refractivity contribution in [2.75, 3.05) is 45.6 Å². The zero-order valence-corrected chi connectivity index (χ0v) is 18.6. The highest BCUT2D eigenvalue weighted by atomic mass is 32.2. The standard InChI is InChI=1S/C22H25N5O4S/c1-32(29,30)20-5-3-19(4-6-20)27-16-18(15-25-27)21-7-2-17(14-24-21)22(28)23-8-9-26-10-12-31-13-11-26/h2-7,14-16H,8-13H2,1H3,(H,23,28). The van der Waals surface area contributed by atoms with E-state index in [2.05, 4.69) is 20.3 Å². The van der Waals surface area contributed by atoms with E-state index in [-0.39, 0.29) is 10.8 Å². The molecule has 168 valence electrons. The summed E-state index contributed by atoms with van der Waals surface area (Å²) in [6.07, 6.45) is 6.21. The van der Waals surface area contributed by atoms with Gasteiger partial charge in [-0.05, 0) is 36.4 Å². The van der Waals surface area contributed by atoms with Crippen LogP contribution in [0.1, 0.15) is 10.4 Å². The fourth-order valence-corrected chi connectivity index (χ4v) is 4.03. The number of carbonyl (C=O) groups is 1. The van der Waals surface area contributed by atoms with Crippen molar-refractivity contribution in [3.05, 3.63) is 60.6 Å². The van der Waals surface area contributed by atoms with Gasteiger partial charge in [0.25, 0.3) is 5.91 Å². The van der Waals surface area contributed by atoms with Crippen LogP contribution in [-0.2, 0) is 14.6 Å². The minimum absolute atomic E-state index is 0.154. The van der Waals surface area contributed by atoms with Crippen LogP contribution < -0.4 is 5.32 Å². The molecule has 1 saturated heterocycles. The minimum atomic E-state index is -3.24. The summed E-state index contributed by atoms with van der Waals surface area (Å²) in [7, 11) is -3.24. The Morgan fingerprint density at radius 3 is 2.50 bits per heavy atom. The Kier molecular flexibility index (Phi) is 6.63. The molecular formula is C22H25N5O4S. The molecule has 1 aromatic carbocycles. The summed E-state index contributed by atoms with van der Waals surface area (Å²) in [4.78, 5) is 19.3. The van der Waals surface area contributed by atoms with E-state index in [4.69, 9.17) is 4.74 Å². The first-order valence-corrected chi connectivity index (χ1v) is 12.2. The molecule has 3 heterocycles. The molecular weight excluding hydrogens is 430 g/mol. The summed E-state index contributed by atoms with van der Waals surface area (Å²) < 4.78 is 30.2. The molecule has 0 saturated carbocycles. The van der Waals surface area contributed by atoms with Gasteiger partial charge in [-0.15, -0.1) is 0 Å². The van der Waals surface area contributed by atoms with Gasteiger partial charge in [-0.1, -0.05) is 0 Å². The van der Waals surface area contributed by atoms with Crippen molar-refractivity contribution in [2.45, 2.75) is 4.90 Å². The average molecular weight is 456 g/mol. The first kappa shape index (κ1) is 22.1. The SMILES string of the molecule is CS(=O)(=O)c1ccc(-n2cc(-c3ccc(C(=O)NCCN4CCOCC4)cn3)cn2)cc1. The lowest BCUT2D eigenvalue weighted by atomic mass is 10.2. The number of amides is 1. The van der Waals surface area contributed by atoms with Gasteiger partial charge in [-0.3, -0.25) is 14.7 Å². The lowest BCUT2D eigenvalue weighted by Gasteiger charge is -2.26. The molecule has 1 N–H and O–H groups in total. The van der Waals surface area contributed by atoms with Gasteiger partial charge in [-0.25, -0.2) is 13.1 Å². The monoisotopic (exact) mass is 455 g/mol. The Bertz CT molecular complexity index is 1170. The first-order valence-electron chi connectivity index (χ1n) is 10.3. The largest absolute Gasteiger partial charge is 0.379 e. The molecule has 0 bridgehead atoms. The van der Waals surface area contributed by atoms with Gasteiger partial charge in [0, 0.05) is 50.4 Å². The van der Waals surface area contributed by atoms with Crippen molar-refractivity contribution >= 4 is 15.7 Å². The third-order valence-electron chi connectivity index (χ3n) is 5.25. The Labute approximate surface area is 186 Å². The predicted octanol–water partition coefficient (Wildman–Crippen LogP) is 1.40. The molecule has 1 aliphatic heterocycles. The van der Waals surface area contributed by atoms with Crippen LogP contribution in [-0.4, -0.2) is 79.6 Å². The van der Waals surface area contributed by atoms with Crippen molar-refractivity contribution in [3.63, 3.8) is 0 Å². The summed E-state index contributed by atoms with van der Waals surface area (Å²) in [6.45, 7) is 4.63. The number of ether oxygens (including phenoxy) is 1. The van der Waals surface area contributed by atoms with Gasteiger partial charge in [0.05, 0.1) is 41.3 Å². The zero-order valence-electron chi connectivity index (χ0n) is 17.8. The second kappa shape index (κ2) is 9.60. The summed E-state index contributed by atoms with van der Waals surface area (Å²) in [5, 5.41) is 7.26. The van der Waals surface area contributed by atoms with E-state index in [0.717, 1.165) is 44.1 Å². The Hall–Kier alpha value is -3.08. The van der Waals surface area contributed by atoms with E-state index in [1.807, 2.05) is 0 Å². The number of rotatable bonds is 7. The molecule has 10 heteroatoms. The maximum Gasteiger partial charge on any atom is 0.252 e. The van der Waals surface area contributed by atoms with Gasteiger partial charge >= 0.3 is 0 Å². The van der Waals surface area contributed by atoms with E-state index in [9.17, 15) is 13.2 Å². The number of benzene rings is 1. The number of hydrogen-bond acceptors (Lipinski definition) is 7. The van der Waals surface area contributed by atoms with Crippen molar-refractivity contribution in [1.29, 1.82) is 0 Å². The quantitative estimate of drug-likeness (QED) is 0.574. The Morgan fingerprint density at radius 2 is 1.84 bits per heavy atom. The molecule has 0 atom stereocenters. The highest BCUT2D eigenvalue weighted by molar-refractivity contribution is 7.90. The van der Waals surface area contributed by atoms with Crippen molar-refractivity contribution in [2.24, 2.45) is 0 Å². The predicted molar refractivity (Wildman–Crippen MR) is 119 cm³/mol. The highest BCUT2D eigenvalue weighted by Crippen LogP contribution is 2.19. The number of morpholine rings is 1. The molecule has 0 unspecified atom stereocenters. The fourth-order valence-electron chi connectivity index (χ4n) is 3.40. The van der Waals surface area contributed by atoms with Crippen LogP contribution in [0.15, 0.2) is 59.9 Å². The normalized spacial score (nSPS) is 14.9.